The van der Waals surface area contributed by atoms with E-state index in [1.165, 1.54) is 0 Å². The van der Waals surface area contributed by atoms with E-state index in [1.807, 2.05) is 0 Å². The van der Waals surface area contributed by atoms with Gasteiger partial charge in [-0.2, -0.15) is 0 Å². The number of hydrogen-bond donors (Lipinski definition) is 3. The number of aliphatic hydroxyl groups is 3. The molecule has 0 saturated carbocycles. The van der Waals surface area contributed by atoms with Crippen molar-refractivity contribution in [3.63, 3.8) is 0 Å². The van der Waals surface area contributed by atoms with Crippen molar-refractivity contribution in [2.45, 2.75) is 20.8 Å². The Morgan fingerprint density at radius 3 is 0.833 bits per heavy atom. The van der Waals surface area contributed by atoms with Crippen LogP contribution in [0.2, 0.25) is 0 Å². The first-order valence-electron chi connectivity index (χ1n) is 3.34. The molecule has 0 aromatic rings. The smallest absolute Gasteiger partial charge is 0.0402 e. The third-order valence-electron chi connectivity index (χ3n) is 0. The Labute approximate surface area is 95.6 Å². The standard InChI is InChI=1S/3C2H6O.CH2Cl.Ti/c3*1-2-3;1-2;/h3*3H,2H2,1H3;1H2;/q;;;-1;. The van der Waals surface area contributed by atoms with Crippen LogP contribution in [-0.4, -0.2) is 35.1 Å². The molecule has 0 aliphatic heterocycles. The predicted molar refractivity (Wildman–Crippen MR) is 49.5 cm³/mol. The average molecular weight is 236 g/mol. The molecule has 0 atom stereocenters. The van der Waals surface area contributed by atoms with Gasteiger partial charge in [-0.25, -0.2) is 0 Å². The molecule has 0 spiro atoms. The van der Waals surface area contributed by atoms with Crippen molar-refractivity contribution >= 4 is 11.6 Å². The van der Waals surface area contributed by atoms with Gasteiger partial charge in [0, 0.05) is 41.5 Å². The zero-order valence-electron chi connectivity index (χ0n) is 8.05. The van der Waals surface area contributed by atoms with Crippen LogP contribution >= 0.6 is 11.6 Å². The fraction of sp³-hybridized carbons (Fsp3) is 0.857. The van der Waals surface area contributed by atoms with Crippen LogP contribution in [0.25, 0.3) is 0 Å². The Hall–Kier alpha value is 0.884. The summed E-state index contributed by atoms with van der Waals surface area (Å²) in [6, 6.07) is 0. The van der Waals surface area contributed by atoms with Crippen molar-refractivity contribution < 1.29 is 37.0 Å². The van der Waals surface area contributed by atoms with E-state index in [0.29, 0.717) is 0 Å². The van der Waals surface area contributed by atoms with Crippen molar-refractivity contribution in [1.29, 1.82) is 0 Å². The van der Waals surface area contributed by atoms with Crippen molar-refractivity contribution in [2.24, 2.45) is 0 Å². The van der Waals surface area contributed by atoms with Gasteiger partial charge in [0.1, 0.15) is 0 Å². The van der Waals surface area contributed by atoms with Gasteiger partial charge in [-0.1, -0.05) is 0 Å². The molecule has 0 unspecified atom stereocenters. The molecule has 0 fully saturated rings. The molecule has 0 amide bonds. The molecule has 3 nitrogen and oxygen atoms in total. The van der Waals surface area contributed by atoms with Crippen molar-refractivity contribution in [3.8, 4) is 0 Å². The third-order valence-corrected chi connectivity index (χ3v) is 0. The molecular formula is C7H20ClO3Ti-. The first-order chi connectivity index (χ1) is 5.24. The van der Waals surface area contributed by atoms with Gasteiger partial charge in [-0.05, 0) is 20.8 Å². The molecule has 0 aromatic heterocycles. The van der Waals surface area contributed by atoms with Crippen molar-refractivity contribution in [2.75, 3.05) is 19.8 Å². The molecule has 0 aromatic carbocycles. The van der Waals surface area contributed by atoms with Crippen LogP contribution in [0.1, 0.15) is 20.8 Å². The van der Waals surface area contributed by atoms with E-state index >= 15 is 0 Å². The molecule has 78 valence electrons. The van der Waals surface area contributed by atoms with Gasteiger partial charge in [-0.15, -0.1) is 0 Å². The zero-order chi connectivity index (χ0) is 10.1. The fourth-order valence-corrected chi connectivity index (χ4v) is 0. The van der Waals surface area contributed by atoms with Crippen LogP contribution in [0.3, 0.4) is 0 Å². The summed E-state index contributed by atoms with van der Waals surface area (Å²) in [5, 5.41) is 22.7. The number of rotatable bonds is 0. The number of halogens is 1. The summed E-state index contributed by atoms with van der Waals surface area (Å²) in [6.45, 7) is 5.79. The first kappa shape index (κ1) is 29.3. The average Bonchev–Trinajstić information content (AvgIpc) is 1.96. The molecule has 3 N–H and O–H groups in total. The van der Waals surface area contributed by atoms with Gasteiger partial charge in [0.2, 0.25) is 0 Å². The van der Waals surface area contributed by atoms with Gasteiger partial charge in [0.25, 0.3) is 0 Å². The van der Waals surface area contributed by atoms with E-state index in [9.17, 15) is 0 Å². The Morgan fingerprint density at radius 1 is 0.833 bits per heavy atom. The summed E-state index contributed by atoms with van der Waals surface area (Å²) in [5.41, 5.74) is 0. The van der Waals surface area contributed by atoms with Crippen LogP contribution in [0.5, 0.6) is 0 Å². The van der Waals surface area contributed by atoms with Crippen LogP contribution < -0.4 is 0 Å². The minimum atomic E-state index is 0. The molecule has 0 bridgehead atoms. The predicted octanol–water partition coefficient (Wildman–Crippen LogP) is 1.01. The van der Waals surface area contributed by atoms with E-state index in [2.05, 4.69) is 18.0 Å². The van der Waals surface area contributed by atoms with Crippen molar-refractivity contribution in [1.82, 2.24) is 0 Å². The maximum Gasteiger partial charge on any atom is 0.0402 e. The Kier molecular flexibility index (Phi) is 228. The monoisotopic (exact) mass is 235 g/mol. The molecule has 0 aliphatic carbocycles. The minimum absolute atomic E-state index is 0. The van der Waals surface area contributed by atoms with Gasteiger partial charge >= 0.3 is 0 Å². The van der Waals surface area contributed by atoms with Crippen molar-refractivity contribution in [3.05, 3.63) is 6.38 Å². The molecular weight excluding hydrogens is 215 g/mol. The van der Waals surface area contributed by atoms with E-state index in [1.54, 1.807) is 20.8 Å². The Morgan fingerprint density at radius 2 is 0.833 bits per heavy atom. The van der Waals surface area contributed by atoms with E-state index in [4.69, 9.17) is 15.3 Å². The number of hydrogen-bond acceptors (Lipinski definition) is 3. The second-order valence-corrected chi connectivity index (χ2v) is 0.949. The Bertz CT molecular complexity index is 23.4. The molecule has 0 radical (unpaired) electrons. The summed E-state index contributed by atoms with van der Waals surface area (Å²) in [6.07, 6.45) is 2.72. The van der Waals surface area contributed by atoms with Crippen LogP contribution in [-0.2, 0) is 21.7 Å². The maximum atomic E-state index is 7.57. The minimum Gasteiger partial charge on any atom is -0.397 e. The maximum absolute atomic E-state index is 7.57. The van der Waals surface area contributed by atoms with E-state index in [0.717, 1.165) is 0 Å². The van der Waals surface area contributed by atoms with Crippen LogP contribution in [0.4, 0.5) is 0 Å². The third kappa shape index (κ3) is 1360. The van der Waals surface area contributed by atoms with Gasteiger partial charge < -0.3 is 26.9 Å². The SMILES string of the molecule is CCO.CCO.CCO.[CH2-]Cl.[Ti]. The molecule has 0 rings (SSSR count). The summed E-state index contributed by atoms with van der Waals surface area (Å²) in [4.78, 5) is 0. The van der Waals surface area contributed by atoms with E-state index in [-0.39, 0.29) is 41.5 Å². The summed E-state index contributed by atoms with van der Waals surface area (Å²) in [5.74, 6) is 0. The first-order valence-corrected chi connectivity index (χ1v) is 3.87. The summed E-state index contributed by atoms with van der Waals surface area (Å²) in [7, 11) is 0. The second-order valence-electron chi connectivity index (χ2n) is 0.949. The molecule has 0 heterocycles. The largest absolute Gasteiger partial charge is 0.397 e. The van der Waals surface area contributed by atoms with Crippen LogP contribution in [0, 0.1) is 6.38 Å². The van der Waals surface area contributed by atoms with E-state index < -0.39 is 0 Å². The molecule has 0 aliphatic rings. The second kappa shape index (κ2) is 93.3. The molecule has 5 heteroatoms. The fourth-order valence-electron chi connectivity index (χ4n) is 0. The normalized spacial score (nSPS) is 5.00. The zero-order valence-corrected chi connectivity index (χ0v) is 10.4. The van der Waals surface area contributed by atoms with Crippen LogP contribution in [0.15, 0.2) is 0 Å². The molecule has 12 heavy (non-hydrogen) atoms. The van der Waals surface area contributed by atoms with Gasteiger partial charge in [-0.3, -0.25) is 6.38 Å². The summed E-state index contributed by atoms with van der Waals surface area (Å²) >= 11 is 4.39. The topological polar surface area (TPSA) is 60.7 Å². The summed E-state index contributed by atoms with van der Waals surface area (Å²) < 4.78 is 0. The van der Waals surface area contributed by atoms with Gasteiger partial charge in [0.15, 0.2) is 0 Å². The molecule has 0 saturated heterocycles. The number of aliphatic hydroxyl groups excluding tert-OH is 3. The quantitative estimate of drug-likeness (QED) is 0.434. The van der Waals surface area contributed by atoms with Gasteiger partial charge in [0.05, 0.1) is 0 Å². The Balaban J connectivity index is -0.0000000179.